The second kappa shape index (κ2) is 7.02. The van der Waals surface area contributed by atoms with Crippen LogP contribution in [0.15, 0.2) is 36.4 Å². The molecule has 4 atom stereocenters. The number of carboxylic acids is 1. The minimum Gasteiger partial charge on any atom is -0.492 e. The zero-order chi connectivity index (χ0) is 21.0. The molecule has 1 fully saturated rings. The zero-order valence-corrected chi connectivity index (χ0v) is 17.7. The van der Waals surface area contributed by atoms with Gasteiger partial charge in [0.1, 0.15) is 17.6 Å². The Morgan fingerprint density at radius 2 is 2.00 bits per heavy atom. The molecule has 5 heteroatoms. The molecule has 2 aromatic rings. The summed E-state index contributed by atoms with van der Waals surface area (Å²) >= 11 is 0. The average Bonchev–Trinajstić information content (AvgIpc) is 3.30. The summed E-state index contributed by atoms with van der Waals surface area (Å²) in [7, 11) is 0. The first-order valence-corrected chi connectivity index (χ1v) is 10.8. The van der Waals surface area contributed by atoms with E-state index in [0.717, 1.165) is 29.9 Å². The molecule has 3 aliphatic rings. The van der Waals surface area contributed by atoms with Gasteiger partial charge < -0.3 is 19.3 Å². The Kier molecular flexibility index (Phi) is 4.55. The highest BCUT2D eigenvalue weighted by molar-refractivity contribution is 5.68. The van der Waals surface area contributed by atoms with Gasteiger partial charge in [-0.25, -0.2) is 0 Å². The fourth-order valence-electron chi connectivity index (χ4n) is 5.06. The summed E-state index contributed by atoms with van der Waals surface area (Å²) in [5.41, 5.74) is 5.01. The third-order valence-corrected chi connectivity index (χ3v) is 7.16. The van der Waals surface area contributed by atoms with Crippen molar-refractivity contribution in [3.8, 4) is 11.5 Å². The summed E-state index contributed by atoms with van der Waals surface area (Å²) in [4.78, 5) is 11.0. The fraction of sp³-hybridized carbons (Fsp3) is 0.480. The highest BCUT2D eigenvalue weighted by Crippen LogP contribution is 2.53. The van der Waals surface area contributed by atoms with Crippen molar-refractivity contribution >= 4 is 5.97 Å². The second-order valence-electron chi connectivity index (χ2n) is 9.35. The minimum absolute atomic E-state index is 0.00910. The Labute approximate surface area is 177 Å². The quantitative estimate of drug-likeness (QED) is 0.738. The molecular weight excluding hydrogens is 380 g/mol. The van der Waals surface area contributed by atoms with Crippen molar-refractivity contribution in [1.29, 1.82) is 0 Å². The smallest absolute Gasteiger partial charge is 0.304 e. The third-order valence-electron chi connectivity index (χ3n) is 7.16. The standard InChI is InChI=1S/C25H28O5/c1-14-25(2,3)24(29-14)20-6-4-5-19-18(20)9-10-21(19)30-16-7-8-17-15(11-23(26)27)13-28-22(17)12-16/h4-8,12,14-15,21,24H,9-11,13H2,1-3H3,(H,26,27). The number of hydrogen-bond donors (Lipinski definition) is 1. The zero-order valence-electron chi connectivity index (χ0n) is 17.7. The summed E-state index contributed by atoms with van der Waals surface area (Å²) in [5, 5.41) is 9.08. The van der Waals surface area contributed by atoms with Gasteiger partial charge in [-0.1, -0.05) is 38.1 Å². The maximum atomic E-state index is 11.0. The monoisotopic (exact) mass is 408 g/mol. The largest absolute Gasteiger partial charge is 0.492 e. The fourth-order valence-corrected chi connectivity index (χ4v) is 5.06. The van der Waals surface area contributed by atoms with Crippen molar-refractivity contribution in [2.75, 3.05) is 6.61 Å². The Morgan fingerprint density at radius 1 is 1.20 bits per heavy atom. The van der Waals surface area contributed by atoms with Crippen LogP contribution >= 0.6 is 0 Å². The first-order chi connectivity index (χ1) is 14.3. The second-order valence-corrected chi connectivity index (χ2v) is 9.35. The third kappa shape index (κ3) is 3.07. The Morgan fingerprint density at radius 3 is 2.73 bits per heavy atom. The minimum atomic E-state index is -0.803. The Hall–Kier alpha value is -2.53. The highest BCUT2D eigenvalue weighted by Gasteiger charge is 2.49. The summed E-state index contributed by atoms with van der Waals surface area (Å²) < 4.78 is 18.2. The topological polar surface area (TPSA) is 65.0 Å². The van der Waals surface area contributed by atoms with Crippen molar-refractivity contribution in [3.63, 3.8) is 0 Å². The molecule has 1 aliphatic carbocycles. The first kappa shape index (κ1) is 19.4. The van der Waals surface area contributed by atoms with Gasteiger partial charge in [-0.05, 0) is 42.5 Å². The van der Waals surface area contributed by atoms with E-state index in [-0.39, 0.29) is 36.1 Å². The molecule has 0 spiro atoms. The molecule has 1 N–H and O–H groups in total. The molecule has 4 unspecified atom stereocenters. The number of carbonyl (C=O) groups is 1. The lowest BCUT2D eigenvalue weighted by atomic mass is 9.72. The molecule has 0 saturated carbocycles. The van der Waals surface area contributed by atoms with Crippen LogP contribution in [-0.2, 0) is 16.0 Å². The molecule has 2 heterocycles. The lowest BCUT2D eigenvalue weighted by Gasteiger charge is -2.51. The number of hydrogen-bond acceptors (Lipinski definition) is 4. The normalized spacial score (nSPS) is 28.2. The molecule has 0 bridgehead atoms. The number of rotatable bonds is 5. The van der Waals surface area contributed by atoms with Gasteiger partial charge in [-0.15, -0.1) is 0 Å². The van der Waals surface area contributed by atoms with E-state index in [4.69, 9.17) is 19.3 Å². The van der Waals surface area contributed by atoms with E-state index in [0.29, 0.717) is 6.61 Å². The molecule has 5 rings (SSSR count). The molecule has 30 heavy (non-hydrogen) atoms. The summed E-state index contributed by atoms with van der Waals surface area (Å²) in [6.07, 6.45) is 2.43. The highest BCUT2D eigenvalue weighted by atomic mass is 16.5. The van der Waals surface area contributed by atoms with Crippen molar-refractivity contribution in [2.24, 2.45) is 5.41 Å². The number of carboxylic acid groups (broad SMARTS) is 1. The van der Waals surface area contributed by atoms with E-state index in [1.165, 1.54) is 16.7 Å². The molecule has 2 aliphatic heterocycles. The molecule has 0 aromatic heterocycles. The van der Waals surface area contributed by atoms with Gasteiger partial charge >= 0.3 is 5.97 Å². The first-order valence-electron chi connectivity index (χ1n) is 10.8. The van der Waals surface area contributed by atoms with Crippen molar-refractivity contribution in [3.05, 3.63) is 58.7 Å². The Bertz CT molecular complexity index is 995. The maximum Gasteiger partial charge on any atom is 0.304 e. The van der Waals surface area contributed by atoms with Gasteiger partial charge in [-0.3, -0.25) is 4.79 Å². The van der Waals surface area contributed by atoms with Gasteiger partial charge in [0, 0.05) is 23.0 Å². The van der Waals surface area contributed by atoms with Gasteiger partial charge in [0.2, 0.25) is 0 Å². The van der Waals surface area contributed by atoms with Crippen LogP contribution in [-0.4, -0.2) is 23.8 Å². The van der Waals surface area contributed by atoms with Crippen LogP contribution in [0, 0.1) is 5.41 Å². The van der Waals surface area contributed by atoms with Crippen LogP contribution in [0.4, 0.5) is 0 Å². The molecule has 2 aromatic carbocycles. The molecule has 0 amide bonds. The Balaban J connectivity index is 1.36. The van der Waals surface area contributed by atoms with Crippen LogP contribution in [0.25, 0.3) is 0 Å². The van der Waals surface area contributed by atoms with Crippen LogP contribution in [0.5, 0.6) is 11.5 Å². The van der Waals surface area contributed by atoms with E-state index >= 15 is 0 Å². The number of ether oxygens (including phenoxy) is 3. The van der Waals surface area contributed by atoms with E-state index in [1.807, 2.05) is 18.2 Å². The average molecular weight is 408 g/mol. The molecule has 158 valence electrons. The van der Waals surface area contributed by atoms with Crippen LogP contribution in [0.1, 0.15) is 74.0 Å². The van der Waals surface area contributed by atoms with E-state index in [9.17, 15) is 4.79 Å². The van der Waals surface area contributed by atoms with Crippen LogP contribution in [0.3, 0.4) is 0 Å². The lowest BCUT2D eigenvalue weighted by Crippen LogP contribution is -2.48. The molecule has 0 radical (unpaired) electrons. The van der Waals surface area contributed by atoms with E-state index < -0.39 is 5.97 Å². The van der Waals surface area contributed by atoms with E-state index in [2.05, 4.69) is 39.0 Å². The maximum absolute atomic E-state index is 11.0. The summed E-state index contributed by atoms with van der Waals surface area (Å²) in [5.74, 6) is 0.615. The molecule has 5 nitrogen and oxygen atoms in total. The van der Waals surface area contributed by atoms with E-state index in [1.54, 1.807) is 0 Å². The summed E-state index contributed by atoms with van der Waals surface area (Å²) in [6.45, 7) is 7.10. The van der Waals surface area contributed by atoms with Gasteiger partial charge in [0.25, 0.3) is 0 Å². The van der Waals surface area contributed by atoms with Gasteiger partial charge in [0.05, 0.1) is 25.2 Å². The number of aliphatic carboxylic acids is 1. The lowest BCUT2D eigenvalue weighted by molar-refractivity contribution is -0.230. The van der Waals surface area contributed by atoms with Crippen molar-refractivity contribution in [2.45, 2.75) is 64.3 Å². The predicted octanol–water partition coefficient (Wildman–Crippen LogP) is 5.19. The molecular formula is C25H28O5. The number of fused-ring (bicyclic) bond motifs is 2. The van der Waals surface area contributed by atoms with Crippen LogP contribution in [0.2, 0.25) is 0 Å². The van der Waals surface area contributed by atoms with Crippen molar-refractivity contribution < 1.29 is 24.1 Å². The summed E-state index contributed by atoms with van der Waals surface area (Å²) in [6, 6.07) is 12.3. The predicted molar refractivity (Wildman–Crippen MR) is 112 cm³/mol. The van der Waals surface area contributed by atoms with Gasteiger partial charge in [0.15, 0.2) is 0 Å². The van der Waals surface area contributed by atoms with Crippen molar-refractivity contribution in [1.82, 2.24) is 0 Å². The number of benzene rings is 2. The van der Waals surface area contributed by atoms with Crippen LogP contribution < -0.4 is 9.47 Å². The van der Waals surface area contributed by atoms with Gasteiger partial charge in [-0.2, -0.15) is 0 Å². The SMILES string of the molecule is CC1OC(c2cccc3c2CCC3Oc2ccc3c(c2)OCC3CC(=O)O)C1(C)C. The molecule has 1 saturated heterocycles.